The van der Waals surface area contributed by atoms with Crippen LogP contribution in [0.4, 0.5) is 5.69 Å². The molecule has 0 bridgehead atoms. The fourth-order valence-electron chi connectivity index (χ4n) is 3.93. The number of carbonyl (C=O) groups is 1. The molecule has 1 saturated heterocycles. The Hall–Kier alpha value is -2.83. The molecule has 31 heavy (non-hydrogen) atoms. The highest BCUT2D eigenvalue weighted by molar-refractivity contribution is 6.02. The summed E-state index contributed by atoms with van der Waals surface area (Å²) in [6.07, 6.45) is 4.35. The van der Waals surface area contributed by atoms with Crippen LogP contribution in [-0.4, -0.2) is 49.8 Å². The zero-order valence-corrected chi connectivity index (χ0v) is 18.2. The smallest absolute Gasteiger partial charge is 0.248 e. The summed E-state index contributed by atoms with van der Waals surface area (Å²) < 4.78 is 17.0. The second-order valence-corrected chi connectivity index (χ2v) is 7.97. The number of fused-ring (bicyclic) bond motifs is 1. The number of nitrogens with one attached hydrogen (secondary N) is 1. The molecule has 1 amide bonds. The summed E-state index contributed by atoms with van der Waals surface area (Å²) >= 11 is 0. The monoisotopic (exact) mass is 422 g/mol. The highest BCUT2D eigenvalue weighted by atomic mass is 16.5. The summed E-state index contributed by atoms with van der Waals surface area (Å²) in [5.74, 6) is 1.46. The van der Waals surface area contributed by atoms with Gasteiger partial charge in [0.1, 0.15) is 17.6 Å². The van der Waals surface area contributed by atoms with E-state index < -0.39 is 0 Å². The predicted octanol–water partition coefficient (Wildman–Crippen LogP) is 3.89. The van der Waals surface area contributed by atoms with Gasteiger partial charge in [-0.2, -0.15) is 0 Å². The molecule has 0 aromatic heterocycles. The fourth-order valence-corrected chi connectivity index (χ4v) is 3.93. The van der Waals surface area contributed by atoms with Crippen molar-refractivity contribution >= 4 is 17.7 Å². The molecule has 0 aliphatic carbocycles. The number of morpholine rings is 1. The topological polar surface area (TPSA) is 60.0 Å². The predicted molar refractivity (Wildman–Crippen MR) is 122 cm³/mol. The van der Waals surface area contributed by atoms with Crippen LogP contribution in [0, 0.1) is 0 Å². The first-order valence-electron chi connectivity index (χ1n) is 10.9. The quantitative estimate of drug-likeness (QED) is 0.686. The van der Waals surface area contributed by atoms with Crippen LogP contribution in [0.1, 0.15) is 30.5 Å². The van der Waals surface area contributed by atoms with Crippen molar-refractivity contribution in [2.45, 2.75) is 32.9 Å². The van der Waals surface area contributed by atoms with Crippen molar-refractivity contribution in [1.82, 2.24) is 4.90 Å². The number of hydrogen-bond donors (Lipinski definition) is 1. The number of anilines is 1. The lowest BCUT2D eigenvalue weighted by Crippen LogP contribution is -2.35. The standard InChI is InChI=1S/C25H30N2O4/c1-3-30-23-16-21-14-18(2)31-24(21)15-20(23)6-9-25(28)26-22-7-4-19(5-8-22)17-27-10-12-29-13-11-27/h4-9,15-16,18H,3,10-14,17H2,1-2H3,(H,26,28)/b9-6+. The van der Waals surface area contributed by atoms with Gasteiger partial charge in [0, 0.05) is 48.9 Å². The zero-order valence-electron chi connectivity index (χ0n) is 18.2. The maximum absolute atomic E-state index is 12.5. The summed E-state index contributed by atoms with van der Waals surface area (Å²) in [7, 11) is 0. The van der Waals surface area contributed by atoms with Gasteiger partial charge < -0.3 is 19.5 Å². The van der Waals surface area contributed by atoms with Crippen molar-refractivity contribution in [3.63, 3.8) is 0 Å². The third-order valence-electron chi connectivity index (χ3n) is 5.47. The lowest BCUT2D eigenvalue weighted by Gasteiger charge is -2.26. The van der Waals surface area contributed by atoms with E-state index in [4.69, 9.17) is 14.2 Å². The largest absolute Gasteiger partial charge is 0.493 e. The molecule has 6 heteroatoms. The SMILES string of the molecule is CCOc1cc2c(cc1/C=C/C(=O)Nc1ccc(CN3CCOCC3)cc1)OC(C)C2. The van der Waals surface area contributed by atoms with E-state index in [0.717, 1.165) is 67.6 Å². The van der Waals surface area contributed by atoms with Crippen molar-refractivity contribution in [1.29, 1.82) is 0 Å². The highest BCUT2D eigenvalue weighted by Crippen LogP contribution is 2.35. The maximum Gasteiger partial charge on any atom is 0.248 e. The zero-order chi connectivity index (χ0) is 21.6. The van der Waals surface area contributed by atoms with Gasteiger partial charge in [-0.25, -0.2) is 0 Å². The van der Waals surface area contributed by atoms with Crippen LogP contribution in [0.15, 0.2) is 42.5 Å². The Morgan fingerprint density at radius 3 is 2.74 bits per heavy atom. The molecule has 164 valence electrons. The van der Waals surface area contributed by atoms with E-state index in [1.807, 2.05) is 31.2 Å². The molecule has 2 heterocycles. The Labute approximate surface area is 183 Å². The summed E-state index contributed by atoms with van der Waals surface area (Å²) in [6.45, 7) is 8.97. The van der Waals surface area contributed by atoms with Gasteiger partial charge in [0.15, 0.2) is 0 Å². The van der Waals surface area contributed by atoms with Crippen molar-refractivity contribution in [3.8, 4) is 11.5 Å². The third-order valence-corrected chi connectivity index (χ3v) is 5.47. The van der Waals surface area contributed by atoms with Gasteiger partial charge in [0.2, 0.25) is 5.91 Å². The molecule has 1 unspecified atom stereocenters. The normalized spacial score (nSPS) is 18.6. The van der Waals surface area contributed by atoms with E-state index in [2.05, 4.69) is 29.3 Å². The molecule has 6 nitrogen and oxygen atoms in total. The lowest BCUT2D eigenvalue weighted by molar-refractivity contribution is -0.111. The molecule has 2 aliphatic heterocycles. The number of carbonyl (C=O) groups excluding carboxylic acids is 1. The molecular weight excluding hydrogens is 392 g/mol. The first-order valence-corrected chi connectivity index (χ1v) is 10.9. The average Bonchev–Trinajstić information content (AvgIpc) is 3.13. The number of hydrogen-bond acceptors (Lipinski definition) is 5. The van der Waals surface area contributed by atoms with Gasteiger partial charge >= 0.3 is 0 Å². The molecule has 4 rings (SSSR count). The van der Waals surface area contributed by atoms with Crippen molar-refractivity contribution in [2.24, 2.45) is 0 Å². The Morgan fingerprint density at radius 1 is 1.23 bits per heavy atom. The second kappa shape index (κ2) is 9.98. The lowest BCUT2D eigenvalue weighted by atomic mass is 10.1. The molecule has 0 saturated carbocycles. The molecular formula is C25H30N2O4. The van der Waals surface area contributed by atoms with Gasteiger partial charge in [0.05, 0.1) is 19.8 Å². The van der Waals surface area contributed by atoms with Crippen LogP contribution in [0.25, 0.3) is 6.08 Å². The van der Waals surface area contributed by atoms with Gasteiger partial charge in [-0.05, 0) is 49.8 Å². The molecule has 1 atom stereocenters. The Balaban J connectivity index is 1.37. The molecule has 0 spiro atoms. The number of nitrogens with zero attached hydrogens (tertiary/aromatic N) is 1. The van der Waals surface area contributed by atoms with Crippen LogP contribution >= 0.6 is 0 Å². The number of amides is 1. The number of ether oxygens (including phenoxy) is 3. The van der Waals surface area contributed by atoms with Crippen molar-refractivity contribution < 1.29 is 19.0 Å². The summed E-state index contributed by atoms with van der Waals surface area (Å²) in [5, 5.41) is 2.92. The minimum absolute atomic E-state index is 0.165. The van der Waals surface area contributed by atoms with Gasteiger partial charge in [-0.3, -0.25) is 9.69 Å². The minimum atomic E-state index is -0.182. The maximum atomic E-state index is 12.5. The summed E-state index contributed by atoms with van der Waals surface area (Å²) in [5.41, 5.74) is 3.99. The Kier molecular flexibility index (Phi) is 6.89. The minimum Gasteiger partial charge on any atom is -0.493 e. The first kappa shape index (κ1) is 21.4. The molecule has 1 fully saturated rings. The summed E-state index contributed by atoms with van der Waals surface area (Å²) in [4.78, 5) is 14.8. The van der Waals surface area contributed by atoms with E-state index >= 15 is 0 Å². The molecule has 2 aliphatic rings. The number of rotatable bonds is 7. The fraction of sp³-hybridized carbons (Fsp3) is 0.400. The van der Waals surface area contributed by atoms with E-state index in [-0.39, 0.29) is 12.0 Å². The summed E-state index contributed by atoms with van der Waals surface area (Å²) in [6, 6.07) is 12.0. The van der Waals surface area contributed by atoms with E-state index in [9.17, 15) is 4.79 Å². The Morgan fingerprint density at radius 2 is 2.00 bits per heavy atom. The molecule has 1 N–H and O–H groups in total. The van der Waals surface area contributed by atoms with Crippen LogP contribution in [0.2, 0.25) is 0 Å². The molecule has 0 radical (unpaired) electrons. The highest BCUT2D eigenvalue weighted by Gasteiger charge is 2.21. The Bertz CT molecular complexity index is 933. The average molecular weight is 423 g/mol. The second-order valence-electron chi connectivity index (χ2n) is 7.97. The van der Waals surface area contributed by atoms with Gasteiger partial charge in [-0.15, -0.1) is 0 Å². The first-order chi connectivity index (χ1) is 15.1. The van der Waals surface area contributed by atoms with Crippen LogP contribution in [0.5, 0.6) is 11.5 Å². The van der Waals surface area contributed by atoms with Crippen LogP contribution < -0.4 is 14.8 Å². The van der Waals surface area contributed by atoms with E-state index in [1.165, 1.54) is 11.6 Å². The molecule has 2 aromatic rings. The van der Waals surface area contributed by atoms with Crippen LogP contribution in [-0.2, 0) is 22.5 Å². The molecule has 2 aromatic carbocycles. The van der Waals surface area contributed by atoms with Crippen LogP contribution in [0.3, 0.4) is 0 Å². The van der Waals surface area contributed by atoms with Crippen molar-refractivity contribution in [2.75, 3.05) is 38.2 Å². The van der Waals surface area contributed by atoms with Gasteiger partial charge in [0.25, 0.3) is 0 Å². The third kappa shape index (κ3) is 5.66. The van der Waals surface area contributed by atoms with E-state index in [0.29, 0.717) is 6.61 Å². The van der Waals surface area contributed by atoms with E-state index in [1.54, 1.807) is 6.08 Å². The van der Waals surface area contributed by atoms with Gasteiger partial charge in [-0.1, -0.05) is 12.1 Å². The number of benzene rings is 2. The van der Waals surface area contributed by atoms with Crippen molar-refractivity contribution in [3.05, 3.63) is 59.2 Å².